The van der Waals surface area contributed by atoms with Gasteiger partial charge in [0.2, 0.25) is 0 Å². The van der Waals surface area contributed by atoms with Crippen molar-refractivity contribution < 1.29 is 14.3 Å². The van der Waals surface area contributed by atoms with Crippen LogP contribution in [0.1, 0.15) is 47.5 Å². The Hall–Kier alpha value is -3.69. The van der Waals surface area contributed by atoms with Gasteiger partial charge in [-0.25, -0.2) is 9.99 Å². The molecule has 196 valence electrons. The van der Waals surface area contributed by atoms with Gasteiger partial charge in [0.05, 0.1) is 48.4 Å². The number of thiophene rings is 1. The van der Waals surface area contributed by atoms with E-state index in [1.807, 2.05) is 47.8 Å². The number of rotatable bonds is 7. The van der Waals surface area contributed by atoms with Gasteiger partial charge in [-0.3, -0.25) is 9.69 Å². The van der Waals surface area contributed by atoms with Gasteiger partial charge < -0.3 is 14.5 Å². The molecule has 0 saturated carbocycles. The molecule has 38 heavy (non-hydrogen) atoms. The highest BCUT2D eigenvalue weighted by atomic mass is 32.1. The van der Waals surface area contributed by atoms with E-state index in [2.05, 4.69) is 22.0 Å². The second kappa shape index (κ2) is 10.6. The summed E-state index contributed by atoms with van der Waals surface area (Å²) in [5.74, 6) is 2.76. The van der Waals surface area contributed by atoms with Crippen LogP contribution < -0.4 is 9.47 Å². The number of hydrogen-bond acceptors (Lipinski definition) is 7. The molecule has 0 bridgehead atoms. The molecule has 0 aliphatic carbocycles. The summed E-state index contributed by atoms with van der Waals surface area (Å²) < 4.78 is 11.0. The molecule has 4 heterocycles. The third kappa shape index (κ3) is 4.79. The number of para-hydroxylation sites is 2. The maximum atomic E-state index is 13.7. The van der Waals surface area contributed by atoms with Gasteiger partial charge in [0.15, 0.2) is 11.5 Å². The maximum absolute atomic E-state index is 13.7. The van der Waals surface area contributed by atoms with Gasteiger partial charge in [-0.2, -0.15) is 5.10 Å². The number of H-pyrrole nitrogens is 1. The van der Waals surface area contributed by atoms with Crippen molar-refractivity contribution in [2.75, 3.05) is 33.9 Å². The lowest BCUT2D eigenvalue weighted by Crippen LogP contribution is -2.41. The van der Waals surface area contributed by atoms with E-state index < -0.39 is 0 Å². The molecule has 1 saturated heterocycles. The van der Waals surface area contributed by atoms with Crippen molar-refractivity contribution in [2.24, 2.45) is 5.10 Å². The first-order valence-electron chi connectivity index (χ1n) is 12.9. The Morgan fingerprint density at radius 3 is 2.61 bits per heavy atom. The van der Waals surface area contributed by atoms with Crippen molar-refractivity contribution in [1.29, 1.82) is 0 Å². The zero-order valence-corrected chi connectivity index (χ0v) is 22.4. The average molecular weight is 530 g/mol. The number of likely N-dealkylation sites (tertiary alicyclic amines) is 1. The Kier molecular flexibility index (Phi) is 6.86. The highest BCUT2D eigenvalue weighted by Crippen LogP contribution is 2.38. The van der Waals surface area contributed by atoms with Crippen LogP contribution in [0.25, 0.3) is 11.0 Å². The van der Waals surface area contributed by atoms with Gasteiger partial charge in [-0.05, 0) is 67.2 Å². The number of nitrogens with one attached hydrogen (secondary N) is 1. The number of hydrogen-bond donors (Lipinski definition) is 1. The lowest BCUT2D eigenvalue weighted by molar-refractivity contribution is -0.134. The Bertz CT molecular complexity index is 1420. The zero-order chi connectivity index (χ0) is 26.1. The number of methoxy groups -OCH3 is 2. The molecule has 6 rings (SSSR count). The number of ether oxygens (including phenoxy) is 2. The summed E-state index contributed by atoms with van der Waals surface area (Å²) in [5, 5.41) is 8.56. The lowest BCUT2D eigenvalue weighted by atomic mass is 9.96. The molecule has 1 fully saturated rings. The maximum Gasteiger partial charge on any atom is 0.257 e. The van der Waals surface area contributed by atoms with Crippen LogP contribution >= 0.6 is 11.3 Å². The number of amides is 1. The molecule has 2 aromatic carbocycles. The number of imidazole rings is 1. The summed E-state index contributed by atoms with van der Waals surface area (Å²) in [6.07, 6.45) is 2.60. The van der Waals surface area contributed by atoms with Crippen molar-refractivity contribution in [3.05, 3.63) is 76.2 Å². The third-order valence-electron chi connectivity index (χ3n) is 7.50. The van der Waals surface area contributed by atoms with Crippen LogP contribution in [0.3, 0.4) is 0 Å². The number of hydrazone groups is 1. The number of aromatic nitrogens is 2. The molecule has 8 nitrogen and oxygen atoms in total. The molecule has 1 amide bonds. The van der Waals surface area contributed by atoms with E-state index in [0.717, 1.165) is 58.9 Å². The van der Waals surface area contributed by atoms with Gasteiger partial charge in [-0.15, -0.1) is 11.3 Å². The van der Waals surface area contributed by atoms with E-state index in [0.29, 0.717) is 30.4 Å². The summed E-state index contributed by atoms with van der Waals surface area (Å²) in [6, 6.07) is 17.9. The third-order valence-corrected chi connectivity index (χ3v) is 8.42. The summed E-state index contributed by atoms with van der Waals surface area (Å²) in [5.41, 5.74) is 4.01. The van der Waals surface area contributed by atoms with E-state index in [9.17, 15) is 4.79 Å². The Labute approximate surface area is 225 Å². The minimum atomic E-state index is -0.188. The van der Waals surface area contributed by atoms with Crippen LogP contribution in [0.5, 0.6) is 11.5 Å². The van der Waals surface area contributed by atoms with E-state index in [-0.39, 0.29) is 11.9 Å². The predicted octanol–water partition coefficient (Wildman–Crippen LogP) is 5.20. The Morgan fingerprint density at radius 1 is 1.05 bits per heavy atom. The van der Waals surface area contributed by atoms with Gasteiger partial charge in [0.25, 0.3) is 5.91 Å². The number of benzene rings is 2. The average Bonchev–Trinajstić information content (AvgIpc) is 3.72. The molecular formula is C29H31N5O3S. The van der Waals surface area contributed by atoms with E-state index in [1.54, 1.807) is 30.6 Å². The molecule has 1 atom stereocenters. The molecule has 2 aromatic heterocycles. The minimum Gasteiger partial charge on any atom is -0.493 e. The number of nitrogens with zero attached hydrogens (tertiary/aromatic N) is 4. The predicted molar refractivity (Wildman–Crippen MR) is 149 cm³/mol. The second-order valence-corrected chi connectivity index (χ2v) is 10.7. The molecule has 0 radical (unpaired) electrons. The van der Waals surface area contributed by atoms with Gasteiger partial charge >= 0.3 is 0 Å². The van der Waals surface area contributed by atoms with E-state index in [4.69, 9.17) is 19.6 Å². The summed E-state index contributed by atoms with van der Waals surface area (Å²) in [7, 11) is 3.25. The number of fused-ring (bicyclic) bond motifs is 1. The minimum absolute atomic E-state index is 0.0125. The summed E-state index contributed by atoms with van der Waals surface area (Å²) >= 11 is 1.65. The van der Waals surface area contributed by atoms with Crippen LogP contribution in [-0.4, -0.2) is 65.3 Å². The molecule has 9 heteroatoms. The van der Waals surface area contributed by atoms with Crippen molar-refractivity contribution in [3.63, 3.8) is 0 Å². The fourth-order valence-electron chi connectivity index (χ4n) is 5.45. The van der Waals surface area contributed by atoms with E-state index >= 15 is 0 Å². The second-order valence-electron chi connectivity index (χ2n) is 9.79. The fourth-order valence-corrected chi connectivity index (χ4v) is 6.17. The smallest absolute Gasteiger partial charge is 0.257 e. The molecule has 2 aliphatic rings. The van der Waals surface area contributed by atoms with Gasteiger partial charge in [-0.1, -0.05) is 24.3 Å². The zero-order valence-electron chi connectivity index (χ0n) is 21.6. The normalized spacial score (nSPS) is 18.6. The Balaban J connectivity index is 1.17. The first kappa shape index (κ1) is 24.6. The van der Waals surface area contributed by atoms with Crippen LogP contribution in [0.4, 0.5) is 0 Å². The van der Waals surface area contributed by atoms with Crippen molar-refractivity contribution in [1.82, 2.24) is 19.9 Å². The molecular weight excluding hydrogens is 498 g/mol. The highest BCUT2D eigenvalue weighted by Gasteiger charge is 2.35. The van der Waals surface area contributed by atoms with Crippen LogP contribution in [0, 0.1) is 0 Å². The van der Waals surface area contributed by atoms with E-state index in [1.165, 1.54) is 0 Å². The number of piperidine rings is 1. The fraction of sp³-hybridized carbons (Fsp3) is 0.345. The van der Waals surface area contributed by atoms with Gasteiger partial charge in [0, 0.05) is 12.3 Å². The number of carbonyl (C=O) groups excluding carboxylic acids is 1. The standard InChI is InChI=1S/C29H31N5O3S/c1-36-25-10-9-20(16-26(25)37-2)24-17-23(27-8-5-15-38-27)32-34(24)28(35)18-33-13-11-19(12-14-33)29-30-21-6-3-4-7-22(21)31-29/h3-10,15-16,19,24H,11-14,17-18H2,1-2H3,(H,30,31). The monoisotopic (exact) mass is 529 g/mol. The number of aromatic amines is 1. The summed E-state index contributed by atoms with van der Waals surface area (Å²) in [4.78, 5) is 25.3. The molecule has 1 unspecified atom stereocenters. The molecule has 0 spiro atoms. The van der Waals surface area contributed by atoms with Crippen LogP contribution in [-0.2, 0) is 4.79 Å². The number of carbonyl (C=O) groups is 1. The van der Waals surface area contributed by atoms with Crippen LogP contribution in [0.2, 0.25) is 0 Å². The Morgan fingerprint density at radius 2 is 1.87 bits per heavy atom. The van der Waals surface area contributed by atoms with Gasteiger partial charge in [0.1, 0.15) is 5.82 Å². The SMILES string of the molecule is COc1ccc(C2CC(c3cccs3)=NN2C(=O)CN2CCC(c3nc4ccccc4[nH]3)CC2)cc1OC. The van der Waals surface area contributed by atoms with Crippen molar-refractivity contribution >= 4 is 34.0 Å². The topological polar surface area (TPSA) is 83.0 Å². The van der Waals surface area contributed by atoms with Crippen LogP contribution in [0.15, 0.2) is 65.1 Å². The first-order valence-corrected chi connectivity index (χ1v) is 13.8. The van der Waals surface area contributed by atoms with Crippen molar-refractivity contribution in [2.45, 2.75) is 31.2 Å². The quantitative estimate of drug-likeness (QED) is 0.356. The molecule has 1 N–H and O–H groups in total. The lowest BCUT2D eigenvalue weighted by Gasteiger charge is -2.32. The molecule has 4 aromatic rings. The largest absolute Gasteiger partial charge is 0.493 e. The molecule has 2 aliphatic heterocycles. The van der Waals surface area contributed by atoms with Crippen molar-refractivity contribution in [3.8, 4) is 11.5 Å². The first-order chi connectivity index (χ1) is 18.6. The highest BCUT2D eigenvalue weighted by molar-refractivity contribution is 7.12. The summed E-state index contributed by atoms with van der Waals surface area (Å²) in [6.45, 7) is 2.05.